The summed E-state index contributed by atoms with van der Waals surface area (Å²) in [5.74, 6) is -3.63. The molecule has 1 rings (SSSR count). The van der Waals surface area contributed by atoms with E-state index in [0.717, 1.165) is 7.11 Å². The molecule has 80 valence electrons. The molecule has 7 heteroatoms. The second kappa shape index (κ2) is 3.47. The first-order valence-corrected chi connectivity index (χ1v) is 3.71. The Labute approximate surface area is 77.0 Å². The van der Waals surface area contributed by atoms with Gasteiger partial charge in [0.05, 0.1) is 7.11 Å². The normalized spacial score (nSPS) is 27.3. The van der Waals surface area contributed by atoms with Gasteiger partial charge < -0.3 is 9.47 Å². The zero-order chi connectivity index (χ0) is 10.9. The Morgan fingerprint density at radius 1 is 1.57 bits per heavy atom. The Hall–Kier alpha value is -1.27. The summed E-state index contributed by atoms with van der Waals surface area (Å²) < 4.78 is 44.3. The van der Waals surface area contributed by atoms with E-state index in [0.29, 0.717) is 0 Å². The first kappa shape index (κ1) is 10.8. The molecule has 4 nitrogen and oxygen atoms in total. The third-order valence-corrected chi connectivity index (χ3v) is 1.84. The smallest absolute Gasteiger partial charge is 0.425 e. The fourth-order valence-electron chi connectivity index (χ4n) is 1.12. The summed E-state index contributed by atoms with van der Waals surface area (Å²) in [4.78, 5) is 21.6. The Kier molecular flexibility index (Phi) is 2.68. The molecule has 0 bridgehead atoms. The molecule has 1 aliphatic rings. The first-order chi connectivity index (χ1) is 6.36. The van der Waals surface area contributed by atoms with Gasteiger partial charge in [-0.2, -0.15) is 13.2 Å². The SMILES string of the molecule is COC(=O)C1CC(C(F)(F)F)OC1=O. The van der Waals surface area contributed by atoms with Gasteiger partial charge in [0, 0.05) is 6.42 Å². The zero-order valence-electron chi connectivity index (χ0n) is 7.13. The van der Waals surface area contributed by atoms with Crippen molar-refractivity contribution in [3.63, 3.8) is 0 Å². The van der Waals surface area contributed by atoms with Crippen LogP contribution in [0.3, 0.4) is 0 Å². The highest BCUT2D eigenvalue weighted by Crippen LogP contribution is 2.34. The largest absolute Gasteiger partial charge is 0.468 e. The van der Waals surface area contributed by atoms with E-state index in [-0.39, 0.29) is 0 Å². The lowest BCUT2D eigenvalue weighted by molar-refractivity contribution is -0.209. The maximum atomic E-state index is 12.0. The molecule has 2 unspecified atom stereocenters. The number of alkyl halides is 3. The number of esters is 2. The van der Waals surface area contributed by atoms with Crippen molar-refractivity contribution >= 4 is 11.9 Å². The van der Waals surface area contributed by atoms with Crippen molar-refractivity contribution in [1.29, 1.82) is 0 Å². The fourth-order valence-corrected chi connectivity index (χ4v) is 1.12. The van der Waals surface area contributed by atoms with E-state index in [4.69, 9.17) is 0 Å². The quantitative estimate of drug-likeness (QED) is 0.473. The lowest BCUT2D eigenvalue weighted by Gasteiger charge is -2.12. The van der Waals surface area contributed by atoms with Crippen LogP contribution < -0.4 is 0 Å². The van der Waals surface area contributed by atoms with Crippen molar-refractivity contribution < 1.29 is 32.2 Å². The standard InChI is InChI=1S/C7H7F3O4/c1-13-5(11)3-2-4(7(8,9)10)14-6(3)12/h3-4H,2H2,1H3. The third-order valence-electron chi connectivity index (χ3n) is 1.84. The fraction of sp³-hybridized carbons (Fsp3) is 0.714. The number of cyclic esters (lactones) is 1. The Balaban J connectivity index is 2.70. The lowest BCUT2D eigenvalue weighted by atomic mass is 10.1. The maximum Gasteiger partial charge on any atom is 0.425 e. The first-order valence-electron chi connectivity index (χ1n) is 3.71. The predicted octanol–water partition coefficient (Wildman–Crippen LogP) is 0.653. The second-order valence-electron chi connectivity index (χ2n) is 2.78. The van der Waals surface area contributed by atoms with Crippen molar-refractivity contribution in [2.45, 2.75) is 18.7 Å². The highest BCUT2D eigenvalue weighted by Gasteiger charge is 2.52. The van der Waals surface area contributed by atoms with Crippen LogP contribution in [0.4, 0.5) is 13.2 Å². The molecule has 2 atom stereocenters. The molecule has 0 radical (unpaired) electrons. The molecule has 0 spiro atoms. The molecule has 0 N–H and O–H groups in total. The lowest BCUT2D eigenvalue weighted by Crippen LogP contribution is -2.28. The average molecular weight is 212 g/mol. The molecule has 1 heterocycles. The van der Waals surface area contributed by atoms with Gasteiger partial charge in [-0.25, -0.2) is 0 Å². The van der Waals surface area contributed by atoms with Gasteiger partial charge in [-0.15, -0.1) is 0 Å². The topological polar surface area (TPSA) is 52.6 Å². The van der Waals surface area contributed by atoms with Crippen molar-refractivity contribution in [2.75, 3.05) is 7.11 Å². The summed E-state index contributed by atoms with van der Waals surface area (Å²) in [7, 11) is 0.997. The molecule has 0 amide bonds. The highest BCUT2D eigenvalue weighted by molar-refractivity contribution is 5.96. The van der Waals surface area contributed by atoms with Gasteiger partial charge >= 0.3 is 18.1 Å². The minimum Gasteiger partial charge on any atom is -0.468 e. The summed E-state index contributed by atoms with van der Waals surface area (Å²) in [5.41, 5.74) is 0. The minimum absolute atomic E-state index is 0.699. The summed E-state index contributed by atoms with van der Waals surface area (Å²) in [6, 6.07) is 0. The highest BCUT2D eigenvalue weighted by atomic mass is 19.4. The van der Waals surface area contributed by atoms with Gasteiger partial charge in [0.1, 0.15) is 0 Å². The van der Waals surface area contributed by atoms with Crippen LogP contribution in [0.5, 0.6) is 0 Å². The van der Waals surface area contributed by atoms with Crippen LogP contribution in [0, 0.1) is 5.92 Å². The molecule has 14 heavy (non-hydrogen) atoms. The summed E-state index contributed by atoms with van der Waals surface area (Å²) >= 11 is 0. The Morgan fingerprint density at radius 2 is 2.14 bits per heavy atom. The van der Waals surface area contributed by atoms with Crippen molar-refractivity contribution in [1.82, 2.24) is 0 Å². The Bertz CT molecular complexity index is 260. The number of methoxy groups -OCH3 is 1. The van der Waals surface area contributed by atoms with Crippen LogP contribution in [-0.4, -0.2) is 31.3 Å². The molecular weight excluding hydrogens is 205 g/mol. The number of rotatable bonds is 1. The van der Waals surface area contributed by atoms with Crippen molar-refractivity contribution in [3.05, 3.63) is 0 Å². The number of carbonyl (C=O) groups is 2. The molecule has 1 aliphatic heterocycles. The zero-order valence-corrected chi connectivity index (χ0v) is 7.13. The van der Waals surface area contributed by atoms with E-state index < -0.39 is 36.6 Å². The molecule has 0 aromatic heterocycles. The van der Waals surface area contributed by atoms with Gasteiger partial charge in [-0.05, 0) is 0 Å². The number of hydrogen-bond donors (Lipinski definition) is 0. The van der Waals surface area contributed by atoms with E-state index in [9.17, 15) is 22.8 Å². The molecule has 0 aliphatic carbocycles. The van der Waals surface area contributed by atoms with Gasteiger partial charge in [0.2, 0.25) is 0 Å². The van der Waals surface area contributed by atoms with Gasteiger partial charge in [0.25, 0.3) is 0 Å². The van der Waals surface area contributed by atoms with E-state index in [2.05, 4.69) is 9.47 Å². The second-order valence-corrected chi connectivity index (χ2v) is 2.78. The van der Waals surface area contributed by atoms with Crippen LogP contribution >= 0.6 is 0 Å². The minimum atomic E-state index is -4.63. The van der Waals surface area contributed by atoms with Crippen LogP contribution in [0.1, 0.15) is 6.42 Å². The van der Waals surface area contributed by atoms with Crippen molar-refractivity contribution in [3.8, 4) is 0 Å². The maximum absolute atomic E-state index is 12.0. The van der Waals surface area contributed by atoms with Crippen LogP contribution in [0.15, 0.2) is 0 Å². The van der Waals surface area contributed by atoms with E-state index in [1.54, 1.807) is 0 Å². The molecule has 1 saturated heterocycles. The number of halogens is 3. The van der Waals surface area contributed by atoms with E-state index in [1.165, 1.54) is 0 Å². The van der Waals surface area contributed by atoms with E-state index in [1.807, 2.05) is 0 Å². The molecule has 0 aromatic carbocycles. The van der Waals surface area contributed by atoms with Gasteiger partial charge in [-0.3, -0.25) is 9.59 Å². The van der Waals surface area contributed by atoms with Gasteiger partial charge in [-0.1, -0.05) is 0 Å². The average Bonchev–Trinajstić information content (AvgIpc) is 2.45. The number of hydrogen-bond acceptors (Lipinski definition) is 4. The molecule has 1 fully saturated rings. The molecular formula is C7H7F3O4. The number of ether oxygens (including phenoxy) is 2. The molecule has 0 aromatic rings. The monoisotopic (exact) mass is 212 g/mol. The van der Waals surface area contributed by atoms with Crippen LogP contribution in [-0.2, 0) is 19.1 Å². The summed E-state index contributed by atoms with van der Waals surface area (Å²) in [5, 5.41) is 0. The van der Waals surface area contributed by atoms with Crippen LogP contribution in [0.2, 0.25) is 0 Å². The van der Waals surface area contributed by atoms with Crippen molar-refractivity contribution in [2.24, 2.45) is 5.92 Å². The third kappa shape index (κ3) is 1.97. The molecule has 0 saturated carbocycles. The Morgan fingerprint density at radius 3 is 2.50 bits per heavy atom. The summed E-state index contributed by atoms with van der Waals surface area (Å²) in [6.45, 7) is 0. The van der Waals surface area contributed by atoms with E-state index >= 15 is 0 Å². The summed E-state index contributed by atoms with van der Waals surface area (Å²) in [6.07, 6.45) is -7.52. The predicted molar refractivity (Wildman–Crippen MR) is 36.1 cm³/mol. The van der Waals surface area contributed by atoms with Crippen LogP contribution in [0.25, 0.3) is 0 Å². The number of carbonyl (C=O) groups excluding carboxylic acids is 2. The van der Waals surface area contributed by atoms with Gasteiger partial charge in [0.15, 0.2) is 12.0 Å².